The van der Waals surface area contributed by atoms with Crippen molar-refractivity contribution in [1.82, 2.24) is 9.55 Å². The van der Waals surface area contributed by atoms with Crippen LogP contribution in [0.15, 0.2) is 17.1 Å². The van der Waals surface area contributed by atoms with Crippen molar-refractivity contribution in [1.29, 1.82) is 0 Å². The number of hydrogen-bond donors (Lipinski definition) is 2. The number of ether oxygens (including phenoxy) is 3. The van der Waals surface area contributed by atoms with Gasteiger partial charge in [0, 0.05) is 20.0 Å². The van der Waals surface area contributed by atoms with Crippen molar-refractivity contribution in [2.45, 2.75) is 45.3 Å². The fourth-order valence-corrected chi connectivity index (χ4v) is 2.37. The summed E-state index contributed by atoms with van der Waals surface area (Å²) in [6, 6.07) is 1.33. The number of anilines is 1. The summed E-state index contributed by atoms with van der Waals surface area (Å²) in [7, 11) is 0. The van der Waals surface area contributed by atoms with E-state index in [0.717, 1.165) is 4.57 Å². The Balaban J connectivity index is 2.37. The lowest BCUT2D eigenvalue weighted by atomic mass is 10.1. The van der Waals surface area contributed by atoms with E-state index in [4.69, 9.17) is 19.4 Å². The Morgan fingerprint density at radius 2 is 1.91 bits per heavy atom. The minimum absolute atomic E-state index is 0.0436. The van der Waals surface area contributed by atoms with Crippen LogP contribution >= 0.6 is 0 Å². The van der Waals surface area contributed by atoms with Gasteiger partial charge in [0.05, 0.1) is 6.10 Å². The van der Waals surface area contributed by atoms with Gasteiger partial charge in [0.1, 0.15) is 0 Å². The van der Waals surface area contributed by atoms with Crippen molar-refractivity contribution in [3.63, 3.8) is 0 Å². The average molecular weight is 327 g/mol. The van der Waals surface area contributed by atoms with E-state index in [1.165, 1.54) is 26.1 Å². The van der Waals surface area contributed by atoms with Gasteiger partial charge in [-0.3, -0.25) is 24.8 Å². The van der Waals surface area contributed by atoms with Crippen LogP contribution in [0.5, 0.6) is 0 Å². The Labute approximate surface area is 130 Å². The Kier molecular flexibility index (Phi) is 4.96. The van der Waals surface area contributed by atoms with Gasteiger partial charge in [0.25, 0.3) is 0 Å². The molecule has 0 bridgehead atoms. The van der Waals surface area contributed by atoms with Crippen LogP contribution in [-0.4, -0.2) is 45.0 Å². The zero-order valence-electron chi connectivity index (χ0n) is 12.8. The van der Waals surface area contributed by atoms with Gasteiger partial charge in [0.2, 0.25) is 0 Å². The minimum atomic E-state index is -1.01. The highest BCUT2D eigenvalue weighted by Crippen LogP contribution is 2.33. The second kappa shape index (κ2) is 6.75. The van der Waals surface area contributed by atoms with Crippen molar-refractivity contribution in [3.8, 4) is 0 Å². The molecule has 10 heteroatoms. The van der Waals surface area contributed by atoms with E-state index in [1.54, 1.807) is 12.4 Å². The first kappa shape index (κ1) is 16.9. The summed E-state index contributed by atoms with van der Waals surface area (Å²) in [6.07, 6.45) is -2.15. The number of carbonyl (C=O) groups excluding carboxylic acids is 2. The van der Waals surface area contributed by atoms with Crippen LogP contribution in [0.3, 0.4) is 0 Å². The third-order valence-corrected chi connectivity index (χ3v) is 3.24. The Hall–Kier alpha value is -2.46. The average Bonchev–Trinajstić information content (AvgIpc) is 2.75. The van der Waals surface area contributed by atoms with Gasteiger partial charge >= 0.3 is 17.6 Å². The molecule has 0 amide bonds. The molecule has 4 atom stereocenters. The number of hydrogen-bond acceptors (Lipinski definition) is 9. The molecule has 2 unspecified atom stereocenters. The lowest BCUT2D eigenvalue weighted by Crippen LogP contribution is -2.40. The number of aromatic nitrogens is 2. The van der Waals surface area contributed by atoms with Crippen molar-refractivity contribution in [2.75, 3.05) is 5.48 Å². The fourth-order valence-electron chi connectivity index (χ4n) is 2.37. The molecule has 2 heterocycles. The maximum absolute atomic E-state index is 12.0. The largest absolute Gasteiger partial charge is 0.456 e. The topological polar surface area (TPSA) is 129 Å². The number of nitrogens with one attached hydrogen (secondary N) is 1. The number of rotatable bonds is 4. The van der Waals surface area contributed by atoms with Crippen molar-refractivity contribution < 1.29 is 29.0 Å². The predicted molar refractivity (Wildman–Crippen MR) is 74.6 cm³/mol. The highest BCUT2D eigenvalue weighted by molar-refractivity contribution is 5.67. The molecule has 0 radical (unpaired) electrons. The van der Waals surface area contributed by atoms with Gasteiger partial charge in [-0.2, -0.15) is 4.98 Å². The van der Waals surface area contributed by atoms with E-state index in [9.17, 15) is 14.4 Å². The van der Waals surface area contributed by atoms with Crippen molar-refractivity contribution in [2.24, 2.45) is 0 Å². The summed E-state index contributed by atoms with van der Waals surface area (Å²) < 4.78 is 17.0. The van der Waals surface area contributed by atoms with Gasteiger partial charge in [0.15, 0.2) is 24.3 Å². The van der Waals surface area contributed by atoms with Crippen LogP contribution in [0.4, 0.5) is 5.82 Å². The molecule has 23 heavy (non-hydrogen) atoms. The summed E-state index contributed by atoms with van der Waals surface area (Å²) in [5.41, 5.74) is 1.02. The first-order valence-corrected chi connectivity index (χ1v) is 6.82. The SMILES string of the molecule is CC(=O)O[C@@H]1C(C)OC(n2ccc(NO)nc2=O)[C@@H]1OC(C)=O. The predicted octanol–water partition coefficient (Wildman–Crippen LogP) is -0.175. The molecule has 2 N–H and O–H groups in total. The third kappa shape index (κ3) is 3.66. The zero-order chi connectivity index (χ0) is 17.1. The molecule has 2 rings (SSSR count). The van der Waals surface area contributed by atoms with Crippen LogP contribution in [-0.2, 0) is 23.8 Å². The molecule has 1 aromatic heterocycles. The molecule has 1 saturated heterocycles. The van der Waals surface area contributed by atoms with Gasteiger partial charge in [-0.1, -0.05) is 0 Å². The summed E-state index contributed by atoms with van der Waals surface area (Å²) in [5, 5.41) is 8.75. The highest BCUT2D eigenvalue weighted by atomic mass is 16.6. The lowest BCUT2D eigenvalue weighted by molar-refractivity contribution is -0.165. The lowest BCUT2D eigenvalue weighted by Gasteiger charge is -2.23. The molecular formula is C13H17N3O7. The first-order valence-electron chi connectivity index (χ1n) is 6.82. The Morgan fingerprint density at radius 3 is 2.43 bits per heavy atom. The van der Waals surface area contributed by atoms with Gasteiger partial charge in [-0.25, -0.2) is 4.79 Å². The van der Waals surface area contributed by atoms with Gasteiger partial charge in [-0.05, 0) is 13.0 Å². The maximum atomic E-state index is 12.0. The van der Waals surface area contributed by atoms with E-state index in [-0.39, 0.29) is 5.82 Å². The number of esters is 2. The van der Waals surface area contributed by atoms with Crippen LogP contribution in [0.25, 0.3) is 0 Å². The molecule has 1 aliphatic heterocycles. The molecule has 1 fully saturated rings. The molecule has 10 nitrogen and oxygen atoms in total. The molecule has 0 aliphatic carbocycles. The zero-order valence-corrected chi connectivity index (χ0v) is 12.8. The molecule has 0 spiro atoms. The number of carbonyl (C=O) groups is 2. The smallest absolute Gasteiger partial charge is 0.351 e. The minimum Gasteiger partial charge on any atom is -0.456 e. The van der Waals surface area contributed by atoms with E-state index in [0.29, 0.717) is 0 Å². The maximum Gasteiger partial charge on any atom is 0.351 e. The highest BCUT2D eigenvalue weighted by Gasteiger charge is 2.48. The van der Waals surface area contributed by atoms with Gasteiger partial charge in [-0.15, -0.1) is 0 Å². The van der Waals surface area contributed by atoms with Crippen LogP contribution in [0.1, 0.15) is 27.0 Å². The van der Waals surface area contributed by atoms with E-state index >= 15 is 0 Å². The Morgan fingerprint density at radius 1 is 1.30 bits per heavy atom. The fraction of sp³-hybridized carbons (Fsp3) is 0.538. The molecule has 0 saturated carbocycles. The molecule has 126 valence electrons. The first-order chi connectivity index (χ1) is 10.8. The van der Waals surface area contributed by atoms with E-state index < -0.39 is 42.2 Å². The van der Waals surface area contributed by atoms with Crippen molar-refractivity contribution in [3.05, 3.63) is 22.7 Å². The van der Waals surface area contributed by atoms with Crippen LogP contribution in [0, 0.1) is 0 Å². The molecular weight excluding hydrogens is 310 g/mol. The molecule has 1 aliphatic rings. The number of nitrogens with zero attached hydrogens (tertiary/aromatic N) is 2. The van der Waals surface area contributed by atoms with Crippen LogP contribution < -0.4 is 11.2 Å². The monoisotopic (exact) mass is 327 g/mol. The van der Waals surface area contributed by atoms with Gasteiger partial charge < -0.3 is 14.2 Å². The normalized spacial score (nSPS) is 26.6. The summed E-state index contributed by atoms with van der Waals surface area (Å²) in [4.78, 5) is 38.2. The van der Waals surface area contributed by atoms with Crippen molar-refractivity contribution >= 4 is 17.8 Å². The van der Waals surface area contributed by atoms with E-state index in [2.05, 4.69) is 4.98 Å². The second-order valence-corrected chi connectivity index (χ2v) is 4.99. The summed E-state index contributed by atoms with van der Waals surface area (Å²) >= 11 is 0. The second-order valence-electron chi connectivity index (χ2n) is 4.99. The van der Waals surface area contributed by atoms with E-state index in [1.807, 2.05) is 0 Å². The third-order valence-electron chi connectivity index (χ3n) is 3.24. The standard InChI is InChI=1S/C13H17N3O7/c1-6-10(22-7(2)17)11(23-8(3)18)12(21-6)16-5-4-9(15-20)14-13(16)19/h4-6,10-12,20H,1-3H3,(H,14,15,19)/t6?,10-,11-,12?/m1/s1. The Bertz CT molecular complexity index is 659. The summed E-state index contributed by atoms with van der Waals surface area (Å²) in [6.45, 7) is 4.05. The molecule has 0 aromatic carbocycles. The summed E-state index contributed by atoms with van der Waals surface area (Å²) in [5.74, 6) is -1.21. The molecule has 1 aromatic rings. The van der Waals surface area contributed by atoms with Crippen LogP contribution in [0.2, 0.25) is 0 Å². The quantitative estimate of drug-likeness (QED) is 0.571.